The van der Waals surface area contributed by atoms with E-state index in [1.54, 1.807) is 54.6 Å². The zero-order valence-electron chi connectivity index (χ0n) is 22.3. The van der Waals surface area contributed by atoms with Gasteiger partial charge in [0, 0.05) is 11.5 Å². The Morgan fingerprint density at radius 3 is 2.40 bits per heavy atom. The lowest BCUT2D eigenvalue weighted by atomic mass is 9.56. The van der Waals surface area contributed by atoms with Crippen LogP contribution in [0.15, 0.2) is 66.8 Å². The van der Waals surface area contributed by atoms with Gasteiger partial charge in [0.2, 0.25) is 11.8 Å². The number of benzene rings is 2. The molecule has 218 valence electrons. The highest BCUT2D eigenvalue weighted by Gasteiger charge is 2.76. The summed E-state index contributed by atoms with van der Waals surface area (Å²) in [5.74, 6) is -4.70. The summed E-state index contributed by atoms with van der Waals surface area (Å²) in [6.07, 6.45) is 3.71. The molecule has 8 nitrogen and oxygen atoms in total. The van der Waals surface area contributed by atoms with Crippen LogP contribution in [0.3, 0.4) is 0 Å². The molecule has 2 aliphatic carbocycles. The van der Waals surface area contributed by atoms with E-state index in [0.29, 0.717) is 22.6 Å². The van der Waals surface area contributed by atoms with Crippen LogP contribution in [0.25, 0.3) is 6.08 Å². The fourth-order valence-electron chi connectivity index (χ4n) is 7.12. The van der Waals surface area contributed by atoms with Crippen molar-refractivity contribution in [1.29, 1.82) is 0 Å². The first kappa shape index (κ1) is 29.1. The highest BCUT2D eigenvalue weighted by Crippen LogP contribution is 2.66. The summed E-state index contributed by atoms with van der Waals surface area (Å²) in [6.45, 7) is 3.50. The quantitative estimate of drug-likeness (QED) is 0.199. The van der Waals surface area contributed by atoms with Gasteiger partial charge in [0.1, 0.15) is 12.4 Å². The monoisotopic (exact) mass is 672 g/mol. The number of carbonyl (C=O) groups excluding carboxylic acids is 4. The molecule has 4 aliphatic rings. The number of amides is 4. The molecule has 0 unspecified atom stereocenters. The first-order valence-corrected chi connectivity index (χ1v) is 15.4. The number of aliphatic hydroxyl groups excluding tert-OH is 1. The molecular formula is C31H27BrCl2N2O6. The van der Waals surface area contributed by atoms with Crippen molar-refractivity contribution in [3.63, 3.8) is 0 Å². The van der Waals surface area contributed by atoms with Crippen LogP contribution in [0.5, 0.6) is 5.75 Å². The Morgan fingerprint density at radius 1 is 1.02 bits per heavy atom. The van der Waals surface area contributed by atoms with Gasteiger partial charge >= 0.3 is 0 Å². The molecule has 6 atom stereocenters. The molecule has 6 rings (SSSR count). The van der Waals surface area contributed by atoms with E-state index in [4.69, 9.17) is 27.9 Å². The van der Waals surface area contributed by atoms with E-state index in [2.05, 4.69) is 22.5 Å². The number of imide groups is 2. The summed E-state index contributed by atoms with van der Waals surface area (Å²) in [5, 5.41) is 9.43. The van der Waals surface area contributed by atoms with Crippen molar-refractivity contribution in [3.05, 3.63) is 77.9 Å². The first-order valence-electron chi connectivity index (χ1n) is 13.6. The highest BCUT2D eigenvalue weighted by molar-refractivity contribution is 9.09. The molecule has 0 spiro atoms. The number of likely N-dealkylation sites (tertiary alicyclic amines) is 1. The lowest BCUT2D eigenvalue weighted by Crippen LogP contribution is -2.60. The fourth-order valence-corrected chi connectivity index (χ4v) is 8.54. The summed E-state index contributed by atoms with van der Waals surface area (Å²) in [4.78, 5) is 53.9. The molecular weight excluding hydrogens is 647 g/mol. The van der Waals surface area contributed by atoms with Crippen LogP contribution in [0.2, 0.25) is 0 Å². The first-order chi connectivity index (χ1) is 20.1. The van der Waals surface area contributed by atoms with Gasteiger partial charge in [-0.1, -0.05) is 70.6 Å². The minimum Gasteiger partial charge on any atom is -0.491 e. The number of carbonyl (C=O) groups is 4. The van der Waals surface area contributed by atoms with Gasteiger partial charge in [-0.25, -0.2) is 0 Å². The summed E-state index contributed by atoms with van der Waals surface area (Å²) in [5.41, 5.74) is 2.37. The van der Waals surface area contributed by atoms with Crippen LogP contribution in [0.4, 0.5) is 5.69 Å². The number of rotatable bonds is 7. The van der Waals surface area contributed by atoms with Crippen LogP contribution in [-0.4, -0.2) is 62.1 Å². The Bertz CT molecular complexity index is 1550. The Balaban J connectivity index is 1.51. The van der Waals surface area contributed by atoms with Crippen LogP contribution >= 0.6 is 39.1 Å². The summed E-state index contributed by atoms with van der Waals surface area (Å²) >= 11 is 17.8. The summed E-state index contributed by atoms with van der Waals surface area (Å²) in [6, 6.07) is 13.9. The van der Waals surface area contributed by atoms with Gasteiger partial charge in [0.15, 0.2) is 9.75 Å². The van der Waals surface area contributed by atoms with Crippen LogP contribution < -0.4 is 9.64 Å². The van der Waals surface area contributed by atoms with E-state index in [1.165, 1.54) is 4.90 Å². The third-order valence-corrected chi connectivity index (χ3v) is 10.9. The maximum absolute atomic E-state index is 14.1. The molecule has 3 fully saturated rings. The molecule has 2 aromatic rings. The van der Waals surface area contributed by atoms with E-state index < -0.39 is 45.2 Å². The average Bonchev–Trinajstić information content (AvgIpc) is 3.34. The number of alkyl halides is 3. The van der Waals surface area contributed by atoms with Crippen molar-refractivity contribution in [3.8, 4) is 5.75 Å². The van der Waals surface area contributed by atoms with Crippen molar-refractivity contribution in [2.45, 2.75) is 28.5 Å². The van der Waals surface area contributed by atoms with Gasteiger partial charge in [0.05, 0.1) is 29.6 Å². The van der Waals surface area contributed by atoms with Crippen LogP contribution in [0.1, 0.15) is 29.9 Å². The maximum atomic E-state index is 14.1. The number of hydrogen-bond acceptors (Lipinski definition) is 6. The smallest absolute Gasteiger partial charge is 0.254 e. The lowest BCUT2D eigenvalue weighted by molar-refractivity contribution is -0.138. The predicted octanol–water partition coefficient (Wildman–Crippen LogP) is 4.62. The van der Waals surface area contributed by atoms with Crippen molar-refractivity contribution < 1.29 is 29.0 Å². The molecule has 2 saturated heterocycles. The molecule has 0 bridgehead atoms. The number of anilines is 1. The third-order valence-electron chi connectivity index (χ3n) is 8.98. The largest absolute Gasteiger partial charge is 0.491 e. The standard InChI is InChI=1S/C31H27BrCl2N2O6/c1-2-17-7-9-18(10-8-17)36-26(38)21-12-11-19-22(24(21)27(36)39)15-30(33)28(40)35(16-32)29(41)31(30,34)25(19)20-5-3-4-6-23(20)42-14-13-37/h2-11,21-22,24-25,37H,1,12-16H2/t21-,22+,24-,25+,30+,31-/m0/s1. The van der Waals surface area contributed by atoms with E-state index in [0.717, 1.165) is 10.5 Å². The molecule has 4 amide bonds. The number of allylic oxidation sites excluding steroid dienone is 2. The minimum atomic E-state index is -1.93. The van der Waals surface area contributed by atoms with Gasteiger partial charge in [-0.2, -0.15) is 0 Å². The van der Waals surface area contributed by atoms with Gasteiger partial charge in [-0.15, -0.1) is 23.2 Å². The molecule has 1 N–H and O–H groups in total. The Kier molecular flexibility index (Phi) is 7.37. The second kappa shape index (κ2) is 10.6. The van der Waals surface area contributed by atoms with E-state index in [1.807, 2.05) is 6.08 Å². The van der Waals surface area contributed by atoms with E-state index in [-0.39, 0.29) is 43.3 Å². The predicted molar refractivity (Wildman–Crippen MR) is 161 cm³/mol. The van der Waals surface area contributed by atoms with Gasteiger partial charge in [-0.3, -0.25) is 29.0 Å². The number of halogens is 3. The maximum Gasteiger partial charge on any atom is 0.254 e. The fraction of sp³-hybridized carbons (Fsp3) is 0.355. The van der Waals surface area contributed by atoms with Crippen molar-refractivity contribution >= 4 is 74.5 Å². The Labute approximate surface area is 261 Å². The topological polar surface area (TPSA) is 104 Å². The highest BCUT2D eigenvalue weighted by atomic mass is 79.9. The number of fused-ring (bicyclic) bond motifs is 4. The molecule has 2 aliphatic heterocycles. The number of nitrogens with zero attached hydrogens (tertiary/aromatic N) is 2. The van der Waals surface area contributed by atoms with Gasteiger partial charge in [-0.05, 0) is 42.5 Å². The zero-order chi connectivity index (χ0) is 30.0. The minimum absolute atomic E-state index is 0.00872. The Hall–Kier alpha value is -2.98. The molecule has 0 aromatic heterocycles. The SMILES string of the molecule is C=Cc1ccc(N2C(=O)[C@H]3[C@H](CC=C4[C@H]3C[C@@]3(Cl)C(=O)N(CBr)C(=O)[C@@]3(Cl)[C@H]4c3ccccc3OCCO)C2=O)cc1. The average molecular weight is 674 g/mol. The van der Waals surface area contributed by atoms with Crippen molar-refractivity contribution in [2.75, 3.05) is 23.6 Å². The molecule has 11 heteroatoms. The number of hydrogen-bond donors (Lipinski definition) is 1. The Morgan fingerprint density at radius 2 is 1.74 bits per heavy atom. The molecule has 1 saturated carbocycles. The van der Waals surface area contributed by atoms with Crippen molar-refractivity contribution in [2.24, 2.45) is 17.8 Å². The van der Waals surface area contributed by atoms with Crippen molar-refractivity contribution in [1.82, 2.24) is 4.90 Å². The molecule has 2 aromatic carbocycles. The lowest BCUT2D eigenvalue weighted by Gasteiger charge is -2.51. The second-order valence-corrected chi connectivity index (χ2v) is 12.6. The second-order valence-electron chi connectivity index (χ2n) is 10.9. The number of ether oxygens (including phenoxy) is 1. The summed E-state index contributed by atoms with van der Waals surface area (Å²) < 4.78 is 5.85. The van der Waals surface area contributed by atoms with Crippen LogP contribution in [0, 0.1) is 17.8 Å². The third kappa shape index (κ3) is 3.90. The van der Waals surface area contributed by atoms with Crippen LogP contribution in [-0.2, 0) is 19.2 Å². The van der Waals surface area contributed by atoms with Gasteiger partial charge < -0.3 is 9.84 Å². The normalized spacial score (nSPS) is 32.0. The number of para-hydroxylation sites is 1. The van der Waals surface area contributed by atoms with E-state index >= 15 is 0 Å². The summed E-state index contributed by atoms with van der Waals surface area (Å²) in [7, 11) is 0. The van der Waals surface area contributed by atoms with E-state index in [9.17, 15) is 24.3 Å². The number of aliphatic hydroxyl groups is 1. The zero-order valence-corrected chi connectivity index (χ0v) is 25.4. The molecule has 2 heterocycles. The molecule has 42 heavy (non-hydrogen) atoms. The molecule has 0 radical (unpaired) electrons. The van der Waals surface area contributed by atoms with Gasteiger partial charge in [0.25, 0.3) is 11.8 Å².